The highest BCUT2D eigenvalue weighted by Gasteiger charge is 2.30. The van der Waals surface area contributed by atoms with Gasteiger partial charge in [0.2, 0.25) is 0 Å². The topological polar surface area (TPSA) is 66.7 Å². The summed E-state index contributed by atoms with van der Waals surface area (Å²) in [5.41, 5.74) is 8.01. The standard InChI is InChI=1S/C8H14N4/c1-8(2)6-5(3-4-10-8)7(9)12-11-6/h10H,3-4H2,1-2H3,(H3,9,11,12). The largest absolute Gasteiger partial charge is 0.382 e. The lowest BCUT2D eigenvalue weighted by molar-refractivity contribution is 0.372. The average Bonchev–Trinajstić information content (AvgIpc) is 2.33. The Kier molecular flexibility index (Phi) is 1.41. The van der Waals surface area contributed by atoms with Crippen molar-refractivity contribution in [3.8, 4) is 0 Å². The van der Waals surface area contributed by atoms with Crippen molar-refractivity contribution in [3.05, 3.63) is 11.3 Å². The number of aromatic amines is 1. The molecule has 0 amide bonds. The molecule has 1 aliphatic heterocycles. The number of H-pyrrole nitrogens is 1. The van der Waals surface area contributed by atoms with Crippen molar-refractivity contribution in [2.75, 3.05) is 12.3 Å². The van der Waals surface area contributed by atoms with Crippen LogP contribution in [0.5, 0.6) is 0 Å². The monoisotopic (exact) mass is 166 g/mol. The molecule has 0 atom stereocenters. The van der Waals surface area contributed by atoms with Crippen LogP contribution in [-0.4, -0.2) is 16.7 Å². The van der Waals surface area contributed by atoms with E-state index in [1.54, 1.807) is 0 Å². The van der Waals surface area contributed by atoms with E-state index < -0.39 is 0 Å². The molecule has 1 aromatic rings. The van der Waals surface area contributed by atoms with Gasteiger partial charge in [-0.25, -0.2) is 0 Å². The van der Waals surface area contributed by atoms with Crippen molar-refractivity contribution in [1.82, 2.24) is 15.5 Å². The average molecular weight is 166 g/mol. The molecule has 0 spiro atoms. The zero-order chi connectivity index (χ0) is 8.77. The molecule has 0 saturated carbocycles. The smallest absolute Gasteiger partial charge is 0.148 e. The predicted molar refractivity (Wildman–Crippen MR) is 47.7 cm³/mol. The lowest BCUT2D eigenvalue weighted by Crippen LogP contribution is -2.42. The Balaban J connectivity index is 2.53. The van der Waals surface area contributed by atoms with Crippen LogP contribution in [0.3, 0.4) is 0 Å². The third-order valence-electron chi connectivity index (χ3n) is 2.47. The third kappa shape index (κ3) is 0.914. The van der Waals surface area contributed by atoms with Gasteiger partial charge in [0.25, 0.3) is 0 Å². The Labute approximate surface area is 71.5 Å². The zero-order valence-electron chi connectivity index (χ0n) is 7.44. The summed E-state index contributed by atoms with van der Waals surface area (Å²) >= 11 is 0. The number of aromatic nitrogens is 2. The van der Waals surface area contributed by atoms with Gasteiger partial charge in [0.15, 0.2) is 0 Å². The zero-order valence-corrected chi connectivity index (χ0v) is 7.44. The normalized spacial score (nSPS) is 20.5. The molecule has 4 heteroatoms. The van der Waals surface area contributed by atoms with Gasteiger partial charge in [-0.05, 0) is 20.3 Å². The van der Waals surface area contributed by atoms with Crippen molar-refractivity contribution in [2.24, 2.45) is 0 Å². The lowest BCUT2D eigenvalue weighted by Gasteiger charge is -2.30. The SMILES string of the molecule is CC1(C)NCCc2c(N)n[nH]c21. The molecule has 4 N–H and O–H groups in total. The number of hydrogen-bond acceptors (Lipinski definition) is 3. The molecule has 0 saturated heterocycles. The highest BCUT2D eigenvalue weighted by Crippen LogP contribution is 2.28. The van der Waals surface area contributed by atoms with Crippen LogP contribution in [0.25, 0.3) is 0 Å². The van der Waals surface area contributed by atoms with Crippen LogP contribution in [0.1, 0.15) is 25.1 Å². The van der Waals surface area contributed by atoms with Crippen LogP contribution in [0.4, 0.5) is 5.82 Å². The fourth-order valence-electron chi connectivity index (χ4n) is 1.74. The molecule has 0 aromatic carbocycles. The van der Waals surface area contributed by atoms with Gasteiger partial charge in [0, 0.05) is 12.1 Å². The number of nitrogens with two attached hydrogens (primary N) is 1. The van der Waals surface area contributed by atoms with E-state index >= 15 is 0 Å². The second-order valence-electron chi connectivity index (χ2n) is 3.76. The van der Waals surface area contributed by atoms with Gasteiger partial charge in [-0.2, -0.15) is 5.10 Å². The summed E-state index contributed by atoms with van der Waals surface area (Å²) < 4.78 is 0. The third-order valence-corrected chi connectivity index (χ3v) is 2.47. The van der Waals surface area contributed by atoms with Crippen molar-refractivity contribution in [2.45, 2.75) is 25.8 Å². The Bertz CT molecular complexity index is 300. The maximum atomic E-state index is 5.71. The van der Waals surface area contributed by atoms with Crippen LogP contribution in [-0.2, 0) is 12.0 Å². The van der Waals surface area contributed by atoms with E-state index in [9.17, 15) is 0 Å². The van der Waals surface area contributed by atoms with Crippen molar-refractivity contribution >= 4 is 5.82 Å². The highest BCUT2D eigenvalue weighted by atomic mass is 15.2. The molecule has 1 aliphatic rings. The van der Waals surface area contributed by atoms with E-state index in [2.05, 4.69) is 29.4 Å². The quantitative estimate of drug-likeness (QED) is 0.521. The van der Waals surface area contributed by atoms with Crippen LogP contribution in [0.2, 0.25) is 0 Å². The van der Waals surface area contributed by atoms with Gasteiger partial charge >= 0.3 is 0 Å². The number of nitrogen functional groups attached to an aromatic ring is 1. The molecule has 2 rings (SSSR count). The van der Waals surface area contributed by atoms with Gasteiger partial charge in [0.1, 0.15) is 5.82 Å². The maximum Gasteiger partial charge on any atom is 0.148 e. The Hall–Kier alpha value is -1.03. The molecule has 66 valence electrons. The van der Waals surface area contributed by atoms with Crippen molar-refractivity contribution in [1.29, 1.82) is 0 Å². The number of rotatable bonds is 0. The summed E-state index contributed by atoms with van der Waals surface area (Å²) in [4.78, 5) is 0. The summed E-state index contributed by atoms with van der Waals surface area (Å²) in [5, 5.41) is 10.4. The number of nitrogens with one attached hydrogen (secondary N) is 2. The van der Waals surface area contributed by atoms with Gasteiger partial charge in [-0.3, -0.25) is 5.10 Å². The van der Waals surface area contributed by atoms with Crippen molar-refractivity contribution in [3.63, 3.8) is 0 Å². The molecule has 4 nitrogen and oxygen atoms in total. The first kappa shape index (κ1) is 7.61. The second-order valence-corrected chi connectivity index (χ2v) is 3.76. The predicted octanol–water partition coefficient (Wildman–Crippen LogP) is 0.373. The van der Waals surface area contributed by atoms with Gasteiger partial charge < -0.3 is 11.1 Å². The maximum absolute atomic E-state index is 5.71. The molecule has 0 fully saturated rings. The highest BCUT2D eigenvalue weighted by molar-refractivity contribution is 5.45. The van der Waals surface area contributed by atoms with Crippen LogP contribution in [0.15, 0.2) is 0 Å². The summed E-state index contributed by atoms with van der Waals surface area (Å²) in [5.74, 6) is 0.652. The molecule has 0 unspecified atom stereocenters. The van der Waals surface area contributed by atoms with Crippen LogP contribution < -0.4 is 11.1 Å². The fourth-order valence-corrected chi connectivity index (χ4v) is 1.74. The molecule has 0 radical (unpaired) electrons. The molecular formula is C8H14N4. The van der Waals surface area contributed by atoms with Crippen LogP contribution >= 0.6 is 0 Å². The van der Waals surface area contributed by atoms with E-state index in [0.29, 0.717) is 5.82 Å². The Morgan fingerprint density at radius 2 is 2.25 bits per heavy atom. The summed E-state index contributed by atoms with van der Waals surface area (Å²) in [6, 6.07) is 0. The Morgan fingerprint density at radius 3 is 2.92 bits per heavy atom. The molecule has 0 bridgehead atoms. The molecule has 12 heavy (non-hydrogen) atoms. The van der Waals surface area contributed by atoms with E-state index in [4.69, 9.17) is 5.73 Å². The second kappa shape index (κ2) is 2.23. The lowest BCUT2D eigenvalue weighted by atomic mass is 9.91. The van der Waals surface area contributed by atoms with Crippen LogP contribution in [0, 0.1) is 0 Å². The number of fused-ring (bicyclic) bond motifs is 1. The summed E-state index contributed by atoms with van der Waals surface area (Å²) in [6.07, 6.45) is 0.973. The number of anilines is 1. The first-order valence-corrected chi connectivity index (χ1v) is 4.19. The minimum atomic E-state index is -0.0157. The minimum Gasteiger partial charge on any atom is -0.382 e. The molecular weight excluding hydrogens is 152 g/mol. The van der Waals surface area contributed by atoms with Gasteiger partial charge in [0.05, 0.1) is 11.2 Å². The number of hydrogen-bond donors (Lipinski definition) is 3. The molecule has 2 heterocycles. The van der Waals surface area contributed by atoms with Crippen molar-refractivity contribution < 1.29 is 0 Å². The number of nitrogens with zero attached hydrogens (tertiary/aromatic N) is 1. The summed E-state index contributed by atoms with van der Waals surface area (Å²) in [6.45, 7) is 5.23. The molecule has 1 aromatic heterocycles. The van der Waals surface area contributed by atoms with E-state index in [1.165, 1.54) is 5.56 Å². The Morgan fingerprint density at radius 1 is 1.50 bits per heavy atom. The minimum absolute atomic E-state index is 0.0157. The first-order chi connectivity index (χ1) is 5.61. The summed E-state index contributed by atoms with van der Waals surface area (Å²) in [7, 11) is 0. The molecule has 0 aliphatic carbocycles. The van der Waals surface area contributed by atoms with E-state index in [0.717, 1.165) is 18.7 Å². The van der Waals surface area contributed by atoms with Gasteiger partial charge in [-0.15, -0.1) is 0 Å². The van der Waals surface area contributed by atoms with Gasteiger partial charge in [-0.1, -0.05) is 0 Å². The van der Waals surface area contributed by atoms with E-state index in [-0.39, 0.29) is 5.54 Å². The fraction of sp³-hybridized carbons (Fsp3) is 0.625. The van der Waals surface area contributed by atoms with E-state index in [1.807, 2.05) is 0 Å². The first-order valence-electron chi connectivity index (χ1n) is 4.19.